The van der Waals surface area contributed by atoms with E-state index >= 15 is 0 Å². The number of rotatable bonds is 29. The highest BCUT2D eigenvalue weighted by molar-refractivity contribution is 5.70. The highest BCUT2D eigenvalue weighted by Gasteiger charge is 2.00. The molecule has 0 atom stereocenters. The Morgan fingerprint density at radius 1 is 0.564 bits per heavy atom. The summed E-state index contributed by atoms with van der Waals surface area (Å²) in [6, 6.07) is 8.43. The van der Waals surface area contributed by atoms with Crippen molar-refractivity contribution in [3.05, 3.63) is 29.8 Å². The number of ether oxygens (including phenoxy) is 8. The normalized spacial score (nSPS) is 11.1. The number of hydrogen-bond donors (Lipinski definition) is 0. The van der Waals surface area contributed by atoms with E-state index in [1.165, 1.54) is 57.6 Å². The van der Waals surface area contributed by atoms with Crippen LogP contribution in [0.25, 0.3) is 0 Å². The Morgan fingerprint density at radius 3 is 1.49 bits per heavy atom. The summed E-state index contributed by atoms with van der Waals surface area (Å²) in [6.07, 6.45) is 10.5. The van der Waals surface area contributed by atoms with E-state index in [1.807, 2.05) is 12.1 Å². The average molecular weight is 557 g/mol. The van der Waals surface area contributed by atoms with Gasteiger partial charge in [-0.1, -0.05) is 57.6 Å². The maximum atomic E-state index is 10.9. The van der Waals surface area contributed by atoms with Crippen LogP contribution in [0.15, 0.2) is 24.3 Å². The number of benzene rings is 1. The number of hydrogen-bond acceptors (Lipinski definition) is 9. The fraction of sp³-hybridized carbons (Fsp3) is 0.767. The van der Waals surface area contributed by atoms with Gasteiger partial charge in [0.1, 0.15) is 19.0 Å². The Balaban J connectivity index is 1.78. The fourth-order valence-electron chi connectivity index (χ4n) is 3.57. The van der Waals surface area contributed by atoms with Gasteiger partial charge in [0.25, 0.3) is 0 Å². The lowest BCUT2D eigenvalue weighted by Crippen LogP contribution is -2.16. The standard InChI is InChI=1S/C30H52O9/c1-3-4-5-6-7-8-9-10-28-11-13-29(14-12-28)39-26-25-37-22-21-35-18-17-33-15-16-34-19-20-36-23-24-38-27-30(31)32-2/h11-14H,3-10,15-27H2,1-2H3. The molecule has 0 spiro atoms. The van der Waals surface area contributed by atoms with Crippen LogP contribution >= 0.6 is 0 Å². The van der Waals surface area contributed by atoms with Gasteiger partial charge < -0.3 is 37.9 Å². The number of aryl methyl sites for hydroxylation is 1. The second-order valence-electron chi connectivity index (χ2n) is 9.05. The quantitative estimate of drug-likeness (QED) is 0.103. The first-order valence-corrected chi connectivity index (χ1v) is 14.5. The lowest BCUT2D eigenvalue weighted by Gasteiger charge is -2.09. The van der Waals surface area contributed by atoms with E-state index in [4.69, 9.17) is 33.2 Å². The molecule has 1 aromatic rings. The molecule has 0 N–H and O–H groups in total. The monoisotopic (exact) mass is 556 g/mol. The third-order valence-corrected chi connectivity index (χ3v) is 5.80. The summed E-state index contributed by atoms with van der Waals surface area (Å²) in [4.78, 5) is 10.9. The van der Waals surface area contributed by atoms with E-state index in [2.05, 4.69) is 23.8 Å². The summed E-state index contributed by atoms with van der Waals surface area (Å²) < 4.78 is 42.5. The zero-order valence-electron chi connectivity index (χ0n) is 24.3. The predicted octanol–water partition coefficient (Wildman–Crippen LogP) is 4.63. The Kier molecular flexibility index (Phi) is 25.1. The molecule has 0 saturated heterocycles. The van der Waals surface area contributed by atoms with Crippen LogP contribution in [0.1, 0.15) is 57.4 Å². The van der Waals surface area contributed by atoms with Gasteiger partial charge in [-0.3, -0.25) is 0 Å². The van der Waals surface area contributed by atoms with Crippen LogP contribution in [0.4, 0.5) is 0 Å². The molecule has 1 aromatic carbocycles. The molecular formula is C30H52O9. The predicted molar refractivity (Wildman–Crippen MR) is 151 cm³/mol. The van der Waals surface area contributed by atoms with Crippen LogP contribution in [-0.2, 0) is 44.4 Å². The highest BCUT2D eigenvalue weighted by Crippen LogP contribution is 2.15. The minimum Gasteiger partial charge on any atom is -0.491 e. The SMILES string of the molecule is CCCCCCCCCc1ccc(OCCOCCOCCOCCOCCOCCOCC(=O)OC)cc1. The van der Waals surface area contributed by atoms with Crippen molar-refractivity contribution in [2.75, 3.05) is 93.0 Å². The molecule has 0 aliphatic heterocycles. The number of unbranched alkanes of at least 4 members (excludes halogenated alkanes) is 6. The molecular weight excluding hydrogens is 504 g/mol. The summed E-state index contributed by atoms with van der Waals surface area (Å²) in [6.45, 7) is 7.99. The van der Waals surface area contributed by atoms with Gasteiger partial charge in [-0.2, -0.15) is 0 Å². The minimum atomic E-state index is -0.399. The zero-order valence-corrected chi connectivity index (χ0v) is 24.3. The van der Waals surface area contributed by atoms with Gasteiger partial charge in [0.2, 0.25) is 0 Å². The molecule has 0 heterocycles. The van der Waals surface area contributed by atoms with E-state index in [1.54, 1.807) is 0 Å². The molecule has 0 radical (unpaired) electrons. The topological polar surface area (TPSA) is 90.9 Å². The van der Waals surface area contributed by atoms with Crippen LogP contribution in [0.2, 0.25) is 0 Å². The molecule has 0 saturated carbocycles. The maximum absolute atomic E-state index is 10.9. The average Bonchev–Trinajstić information content (AvgIpc) is 2.96. The fourth-order valence-corrected chi connectivity index (χ4v) is 3.57. The Morgan fingerprint density at radius 2 is 1.00 bits per heavy atom. The van der Waals surface area contributed by atoms with Gasteiger partial charge in [-0.15, -0.1) is 0 Å². The van der Waals surface area contributed by atoms with Crippen LogP contribution in [-0.4, -0.2) is 99.0 Å². The van der Waals surface area contributed by atoms with Gasteiger partial charge in [0.05, 0.1) is 79.8 Å². The van der Waals surface area contributed by atoms with Crippen molar-refractivity contribution in [1.82, 2.24) is 0 Å². The maximum Gasteiger partial charge on any atom is 0.331 e. The molecule has 0 amide bonds. The second kappa shape index (κ2) is 27.8. The van der Waals surface area contributed by atoms with Crippen molar-refractivity contribution in [2.45, 2.75) is 58.3 Å². The van der Waals surface area contributed by atoms with Crippen LogP contribution in [0.3, 0.4) is 0 Å². The number of carbonyl (C=O) groups excluding carboxylic acids is 1. The molecule has 0 fully saturated rings. The van der Waals surface area contributed by atoms with Crippen molar-refractivity contribution in [2.24, 2.45) is 0 Å². The van der Waals surface area contributed by atoms with Crippen molar-refractivity contribution in [3.8, 4) is 5.75 Å². The van der Waals surface area contributed by atoms with Crippen LogP contribution in [0.5, 0.6) is 5.75 Å². The molecule has 0 unspecified atom stereocenters. The highest BCUT2D eigenvalue weighted by atomic mass is 16.6. The van der Waals surface area contributed by atoms with E-state index in [0.717, 1.165) is 12.2 Å². The lowest BCUT2D eigenvalue weighted by atomic mass is 10.0. The summed E-state index contributed by atoms with van der Waals surface area (Å²) in [5.41, 5.74) is 1.38. The van der Waals surface area contributed by atoms with E-state index in [0.29, 0.717) is 79.3 Å². The van der Waals surface area contributed by atoms with E-state index in [-0.39, 0.29) is 6.61 Å². The van der Waals surface area contributed by atoms with Crippen LogP contribution < -0.4 is 4.74 Å². The second-order valence-corrected chi connectivity index (χ2v) is 9.05. The number of methoxy groups -OCH3 is 1. The van der Waals surface area contributed by atoms with Gasteiger partial charge in [0.15, 0.2) is 0 Å². The first-order chi connectivity index (χ1) is 19.3. The summed E-state index contributed by atoms with van der Waals surface area (Å²) in [5, 5.41) is 0. The van der Waals surface area contributed by atoms with Gasteiger partial charge in [-0.25, -0.2) is 4.79 Å². The van der Waals surface area contributed by atoms with E-state index < -0.39 is 5.97 Å². The summed E-state index contributed by atoms with van der Waals surface area (Å²) >= 11 is 0. The molecule has 9 nitrogen and oxygen atoms in total. The van der Waals surface area contributed by atoms with Crippen LogP contribution in [0, 0.1) is 0 Å². The van der Waals surface area contributed by atoms with Gasteiger partial charge >= 0.3 is 5.97 Å². The zero-order chi connectivity index (χ0) is 28.1. The number of esters is 1. The Bertz CT molecular complexity index is 654. The largest absolute Gasteiger partial charge is 0.491 e. The third-order valence-electron chi connectivity index (χ3n) is 5.80. The smallest absolute Gasteiger partial charge is 0.331 e. The molecule has 39 heavy (non-hydrogen) atoms. The molecule has 0 bridgehead atoms. The summed E-state index contributed by atoms with van der Waals surface area (Å²) in [5.74, 6) is 0.484. The van der Waals surface area contributed by atoms with Crippen molar-refractivity contribution >= 4 is 5.97 Å². The molecule has 9 heteroatoms. The van der Waals surface area contributed by atoms with Gasteiger partial charge in [0, 0.05) is 0 Å². The minimum absolute atomic E-state index is 0.0612. The Hall–Kier alpha value is -1.75. The number of carbonyl (C=O) groups is 1. The van der Waals surface area contributed by atoms with E-state index in [9.17, 15) is 4.79 Å². The first kappa shape index (κ1) is 35.3. The molecule has 0 aliphatic carbocycles. The molecule has 0 aromatic heterocycles. The van der Waals surface area contributed by atoms with Gasteiger partial charge in [-0.05, 0) is 30.5 Å². The molecule has 226 valence electrons. The first-order valence-electron chi connectivity index (χ1n) is 14.5. The van der Waals surface area contributed by atoms with Crippen molar-refractivity contribution in [1.29, 1.82) is 0 Å². The molecule has 0 aliphatic rings. The lowest BCUT2D eigenvalue weighted by molar-refractivity contribution is -0.146. The molecule has 1 rings (SSSR count). The van der Waals surface area contributed by atoms with Crippen molar-refractivity contribution < 1.29 is 42.7 Å². The summed E-state index contributed by atoms with van der Waals surface area (Å²) in [7, 11) is 1.32. The Labute approximate surface area is 235 Å². The van der Waals surface area contributed by atoms with Crippen molar-refractivity contribution in [3.63, 3.8) is 0 Å². The third kappa shape index (κ3) is 23.8.